The molecule has 1 unspecified atom stereocenters. The molecular formula is C16H20ClN3. The second kappa shape index (κ2) is 5.21. The van der Waals surface area contributed by atoms with Crippen molar-refractivity contribution in [3.63, 3.8) is 0 Å². The van der Waals surface area contributed by atoms with Crippen molar-refractivity contribution in [2.24, 2.45) is 5.41 Å². The lowest BCUT2D eigenvalue weighted by atomic mass is 9.81. The van der Waals surface area contributed by atoms with Gasteiger partial charge in [0.05, 0.1) is 5.88 Å². The molecule has 1 aromatic heterocycles. The van der Waals surface area contributed by atoms with E-state index < -0.39 is 0 Å². The Morgan fingerprint density at radius 3 is 2.60 bits per heavy atom. The Kier molecular flexibility index (Phi) is 3.55. The van der Waals surface area contributed by atoms with E-state index in [1.165, 1.54) is 19.3 Å². The summed E-state index contributed by atoms with van der Waals surface area (Å²) in [5.74, 6) is 2.73. The zero-order valence-electron chi connectivity index (χ0n) is 12.0. The number of halogens is 1. The second-order valence-electron chi connectivity index (χ2n) is 6.21. The zero-order valence-corrected chi connectivity index (χ0v) is 12.8. The van der Waals surface area contributed by atoms with Gasteiger partial charge in [0.2, 0.25) is 0 Å². The molecule has 0 spiro atoms. The molecule has 0 aliphatic heterocycles. The average molecular weight is 290 g/mol. The number of hydrogen-bond donors (Lipinski definition) is 0. The minimum Gasteiger partial charge on any atom is -0.282 e. The maximum atomic E-state index is 6.05. The van der Waals surface area contributed by atoms with Crippen molar-refractivity contribution in [2.45, 2.75) is 44.9 Å². The van der Waals surface area contributed by atoms with Gasteiger partial charge in [0.25, 0.3) is 0 Å². The van der Waals surface area contributed by atoms with Gasteiger partial charge in [-0.15, -0.1) is 21.8 Å². The van der Waals surface area contributed by atoms with Gasteiger partial charge in [0, 0.05) is 11.6 Å². The van der Waals surface area contributed by atoms with E-state index >= 15 is 0 Å². The van der Waals surface area contributed by atoms with Crippen molar-refractivity contribution >= 4 is 11.6 Å². The lowest BCUT2D eigenvalue weighted by Gasteiger charge is -2.26. The summed E-state index contributed by atoms with van der Waals surface area (Å²) >= 11 is 6.05. The van der Waals surface area contributed by atoms with Crippen molar-refractivity contribution in [2.75, 3.05) is 0 Å². The molecule has 2 aromatic rings. The van der Waals surface area contributed by atoms with Gasteiger partial charge in [-0.25, -0.2) is 0 Å². The highest BCUT2D eigenvalue weighted by atomic mass is 35.5. The van der Waals surface area contributed by atoms with E-state index in [0.29, 0.717) is 11.8 Å². The molecular weight excluding hydrogens is 270 g/mol. The van der Waals surface area contributed by atoms with E-state index in [4.69, 9.17) is 11.6 Å². The third kappa shape index (κ3) is 2.24. The molecule has 4 heteroatoms. The fourth-order valence-corrected chi connectivity index (χ4v) is 3.48. The van der Waals surface area contributed by atoms with Gasteiger partial charge in [-0.05, 0) is 30.4 Å². The number of benzene rings is 1. The average Bonchev–Trinajstić information content (AvgIpc) is 3.01. The van der Waals surface area contributed by atoms with Crippen LogP contribution >= 0.6 is 11.6 Å². The minimum atomic E-state index is 0.281. The Morgan fingerprint density at radius 2 is 2.00 bits per heavy atom. The largest absolute Gasteiger partial charge is 0.282 e. The third-order valence-corrected chi connectivity index (χ3v) is 4.70. The van der Waals surface area contributed by atoms with E-state index in [9.17, 15) is 0 Å². The van der Waals surface area contributed by atoms with Crippen LogP contribution in [0, 0.1) is 5.41 Å². The van der Waals surface area contributed by atoms with Gasteiger partial charge in [-0.2, -0.15) is 0 Å². The zero-order chi connectivity index (χ0) is 14.2. The number of alkyl halides is 1. The maximum absolute atomic E-state index is 6.05. The summed E-state index contributed by atoms with van der Waals surface area (Å²) in [5.41, 5.74) is 1.38. The molecule has 20 heavy (non-hydrogen) atoms. The van der Waals surface area contributed by atoms with Crippen molar-refractivity contribution in [1.29, 1.82) is 0 Å². The van der Waals surface area contributed by atoms with Crippen LogP contribution in [0.4, 0.5) is 0 Å². The van der Waals surface area contributed by atoms with E-state index in [-0.39, 0.29) is 5.41 Å². The van der Waals surface area contributed by atoms with E-state index in [1.54, 1.807) is 0 Å². The van der Waals surface area contributed by atoms with Crippen molar-refractivity contribution in [3.05, 3.63) is 42.0 Å². The fourth-order valence-electron chi connectivity index (χ4n) is 3.31. The molecule has 1 aromatic carbocycles. The topological polar surface area (TPSA) is 30.7 Å². The highest BCUT2D eigenvalue weighted by molar-refractivity contribution is 6.16. The number of nitrogens with zero attached hydrogens (tertiary/aromatic N) is 3. The quantitative estimate of drug-likeness (QED) is 0.789. The van der Waals surface area contributed by atoms with Crippen LogP contribution in [0.3, 0.4) is 0 Å². The molecule has 0 N–H and O–H groups in total. The molecule has 1 heterocycles. The summed E-state index contributed by atoms with van der Waals surface area (Å²) in [4.78, 5) is 0. The molecule has 1 aliphatic carbocycles. The SMILES string of the molecule is CC1(C)CCCC1c1nnc(CCl)n1-c1ccccc1. The van der Waals surface area contributed by atoms with Crippen LogP contribution in [0.2, 0.25) is 0 Å². The predicted octanol–water partition coefficient (Wildman–Crippen LogP) is 4.30. The first-order valence-electron chi connectivity index (χ1n) is 7.19. The predicted molar refractivity (Wildman–Crippen MR) is 81.3 cm³/mol. The molecule has 0 bridgehead atoms. The Labute approximate surface area is 125 Å². The van der Waals surface area contributed by atoms with E-state index in [0.717, 1.165) is 17.3 Å². The molecule has 0 saturated heterocycles. The van der Waals surface area contributed by atoms with Crippen LogP contribution < -0.4 is 0 Å². The summed E-state index contributed by atoms with van der Waals surface area (Å²) < 4.78 is 2.14. The van der Waals surface area contributed by atoms with Crippen molar-refractivity contribution < 1.29 is 0 Å². The summed E-state index contributed by atoms with van der Waals surface area (Å²) in [6.07, 6.45) is 3.69. The second-order valence-corrected chi connectivity index (χ2v) is 6.48. The highest BCUT2D eigenvalue weighted by Gasteiger charge is 2.39. The highest BCUT2D eigenvalue weighted by Crippen LogP contribution is 2.48. The smallest absolute Gasteiger partial charge is 0.152 e. The van der Waals surface area contributed by atoms with Gasteiger partial charge in [-0.1, -0.05) is 38.5 Å². The fraction of sp³-hybridized carbons (Fsp3) is 0.500. The standard InChI is InChI=1S/C16H20ClN3/c1-16(2)10-6-9-13(16)15-19-18-14(11-17)20(15)12-7-4-3-5-8-12/h3-5,7-8,13H,6,9-11H2,1-2H3. The molecule has 1 aliphatic rings. The number of rotatable bonds is 3. The van der Waals surface area contributed by atoms with E-state index in [2.05, 4.69) is 40.7 Å². The van der Waals surface area contributed by atoms with Gasteiger partial charge in [-0.3, -0.25) is 4.57 Å². The molecule has 0 radical (unpaired) electrons. The molecule has 106 valence electrons. The Morgan fingerprint density at radius 1 is 1.25 bits per heavy atom. The van der Waals surface area contributed by atoms with E-state index in [1.807, 2.05) is 18.2 Å². The Balaban J connectivity index is 2.11. The van der Waals surface area contributed by atoms with Crippen LogP contribution in [0.25, 0.3) is 5.69 Å². The molecule has 3 nitrogen and oxygen atoms in total. The number of para-hydroxylation sites is 1. The molecule has 1 fully saturated rings. The lowest BCUT2D eigenvalue weighted by molar-refractivity contribution is 0.319. The first kappa shape index (κ1) is 13.6. The van der Waals surface area contributed by atoms with Crippen LogP contribution in [0.1, 0.15) is 50.7 Å². The molecule has 1 saturated carbocycles. The van der Waals surface area contributed by atoms with Gasteiger partial charge in [0.15, 0.2) is 5.82 Å². The maximum Gasteiger partial charge on any atom is 0.152 e. The molecule has 3 rings (SSSR count). The van der Waals surface area contributed by atoms with Crippen LogP contribution in [0.5, 0.6) is 0 Å². The summed E-state index contributed by atoms with van der Waals surface area (Å²) in [6.45, 7) is 4.66. The first-order valence-corrected chi connectivity index (χ1v) is 7.72. The summed E-state index contributed by atoms with van der Waals surface area (Å²) in [5, 5.41) is 8.77. The van der Waals surface area contributed by atoms with Crippen molar-refractivity contribution in [1.82, 2.24) is 14.8 Å². The lowest BCUT2D eigenvalue weighted by Crippen LogP contribution is -2.19. The molecule has 0 amide bonds. The normalized spacial score (nSPS) is 21.2. The summed E-state index contributed by atoms with van der Waals surface area (Å²) in [6, 6.07) is 10.3. The van der Waals surface area contributed by atoms with Crippen LogP contribution in [-0.4, -0.2) is 14.8 Å². The van der Waals surface area contributed by atoms with Gasteiger partial charge >= 0.3 is 0 Å². The van der Waals surface area contributed by atoms with Crippen LogP contribution in [-0.2, 0) is 5.88 Å². The molecule has 1 atom stereocenters. The van der Waals surface area contributed by atoms with Crippen LogP contribution in [0.15, 0.2) is 30.3 Å². The number of aromatic nitrogens is 3. The van der Waals surface area contributed by atoms with Crippen molar-refractivity contribution in [3.8, 4) is 5.69 Å². The van der Waals surface area contributed by atoms with Gasteiger partial charge in [0.1, 0.15) is 5.82 Å². The summed E-state index contributed by atoms with van der Waals surface area (Å²) in [7, 11) is 0. The van der Waals surface area contributed by atoms with Gasteiger partial charge < -0.3 is 0 Å². The monoisotopic (exact) mass is 289 g/mol. The minimum absolute atomic E-state index is 0.281. The number of hydrogen-bond acceptors (Lipinski definition) is 2. The third-order valence-electron chi connectivity index (χ3n) is 4.46. The first-order chi connectivity index (χ1) is 9.63. The Hall–Kier alpha value is -1.35. The Bertz CT molecular complexity index is 589.